The maximum absolute atomic E-state index is 10.9. The van der Waals surface area contributed by atoms with Gasteiger partial charge in [0.1, 0.15) is 0 Å². The number of hydrogen-bond acceptors (Lipinski definition) is 3. The van der Waals surface area contributed by atoms with E-state index < -0.39 is 0 Å². The van der Waals surface area contributed by atoms with Crippen LogP contribution in [0.1, 0.15) is 39.0 Å². The summed E-state index contributed by atoms with van der Waals surface area (Å²) in [5.41, 5.74) is 0. The summed E-state index contributed by atoms with van der Waals surface area (Å²) in [5.74, 6) is 0.263. The van der Waals surface area contributed by atoms with Crippen LogP contribution in [0.3, 0.4) is 0 Å². The Balaban J connectivity index is 1.95. The van der Waals surface area contributed by atoms with Gasteiger partial charge in [-0.2, -0.15) is 0 Å². The van der Waals surface area contributed by atoms with Crippen LogP contribution in [-0.2, 0) is 0 Å². The average molecular weight is 212 g/mol. The largest absolute Gasteiger partial charge is 0.300 e. The monoisotopic (exact) mass is 212 g/mol. The van der Waals surface area contributed by atoms with Crippen LogP contribution >= 0.6 is 0 Å². The SMILES string of the molecule is CC1CCC(N2CCCC2)CC1[N+](=O)[O-]. The fourth-order valence-electron chi connectivity index (χ4n) is 3.01. The van der Waals surface area contributed by atoms with Gasteiger partial charge in [-0.3, -0.25) is 10.1 Å². The molecule has 0 amide bonds. The van der Waals surface area contributed by atoms with Crippen LogP contribution in [0.15, 0.2) is 0 Å². The van der Waals surface area contributed by atoms with Crippen LogP contribution < -0.4 is 0 Å². The van der Waals surface area contributed by atoms with E-state index in [1.54, 1.807) is 0 Å². The standard InChI is InChI=1S/C11H20N2O2/c1-9-4-5-10(8-11(9)13(14)15)12-6-2-3-7-12/h9-11H,2-8H2,1H3. The van der Waals surface area contributed by atoms with Gasteiger partial charge in [-0.25, -0.2) is 0 Å². The first kappa shape index (κ1) is 10.9. The van der Waals surface area contributed by atoms with Crippen molar-refractivity contribution in [1.82, 2.24) is 4.90 Å². The molecule has 0 bridgehead atoms. The van der Waals surface area contributed by atoms with Gasteiger partial charge in [0.15, 0.2) is 0 Å². The van der Waals surface area contributed by atoms with Crippen molar-refractivity contribution in [1.29, 1.82) is 0 Å². The van der Waals surface area contributed by atoms with E-state index in [2.05, 4.69) is 4.90 Å². The molecule has 0 N–H and O–H groups in total. The molecule has 15 heavy (non-hydrogen) atoms. The Morgan fingerprint density at radius 1 is 1.27 bits per heavy atom. The van der Waals surface area contributed by atoms with Gasteiger partial charge in [-0.05, 0) is 38.8 Å². The molecule has 2 aliphatic rings. The van der Waals surface area contributed by atoms with Gasteiger partial charge in [0.05, 0.1) is 0 Å². The van der Waals surface area contributed by atoms with Crippen molar-refractivity contribution in [3.63, 3.8) is 0 Å². The van der Waals surface area contributed by atoms with Crippen molar-refractivity contribution in [2.75, 3.05) is 13.1 Å². The lowest BCUT2D eigenvalue weighted by atomic mass is 9.82. The molecule has 3 unspecified atom stereocenters. The summed E-state index contributed by atoms with van der Waals surface area (Å²) in [6.07, 6.45) is 5.50. The second-order valence-electron chi connectivity index (χ2n) is 5.04. The molecule has 1 saturated heterocycles. The molecule has 1 aliphatic carbocycles. The van der Waals surface area contributed by atoms with Crippen molar-refractivity contribution in [2.24, 2.45) is 5.92 Å². The Bertz CT molecular complexity index is 239. The third kappa shape index (κ3) is 2.30. The summed E-state index contributed by atoms with van der Waals surface area (Å²) in [5, 5.41) is 10.9. The molecule has 0 spiro atoms. The van der Waals surface area contributed by atoms with Crippen molar-refractivity contribution < 1.29 is 4.92 Å². The van der Waals surface area contributed by atoms with Crippen LogP contribution in [0, 0.1) is 16.0 Å². The molecule has 2 rings (SSSR count). The van der Waals surface area contributed by atoms with Crippen molar-refractivity contribution in [3.05, 3.63) is 10.1 Å². The maximum Gasteiger partial charge on any atom is 0.217 e. The van der Waals surface area contributed by atoms with E-state index in [9.17, 15) is 10.1 Å². The smallest absolute Gasteiger partial charge is 0.217 e. The molecule has 0 aromatic heterocycles. The molecule has 0 aromatic carbocycles. The Morgan fingerprint density at radius 3 is 2.53 bits per heavy atom. The van der Waals surface area contributed by atoms with Crippen LogP contribution in [0.2, 0.25) is 0 Å². The summed E-state index contributed by atoms with van der Waals surface area (Å²) in [6.45, 7) is 4.33. The normalized spacial score (nSPS) is 38.1. The molecule has 0 radical (unpaired) electrons. The lowest BCUT2D eigenvalue weighted by Crippen LogP contribution is -2.44. The Hall–Kier alpha value is -0.640. The Kier molecular flexibility index (Phi) is 3.24. The van der Waals surface area contributed by atoms with Gasteiger partial charge < -0.3 is 4.90 Å². The zero-order valence-electron chi connectivity index (χ0n) is 9.39. The second kappa shape index (κ2) is 4.47. The molecular formula is C11H20N2O2. The quantitative estimate of drug-likeness (QED) is 0.519. The first-order valence-corrected chi connectivity index (χ1v) is 6.06. The minimum absolute atomic E-state index is 0.0626. The fraction of sp³-hybridized carbons (Fsp3) is 1.00. The number of hydrogen-bond donors (Lipinski definition) is 0. The van der Waals surface area contributed by atoms with E-state index in [4.69, 9.17) is 0 Å². The van der Waals surface area contributed by atoms with E-state index >= 15 is 0 Å². The third-order valence-corrected chi connectivity index (χ3v) is 4.05. The molecule has 4 heteroatoms. The minimum Gasteiger partial charge on any atom is -0.300 e. The van der Waals surface area contributed by atoms with Crippen molar-refractivity contribution >= 4 is 0 Å². The topological polar surface area (TPSA) is 46.4 Å². The first-order valence-electron chi connectivity index (χ1n) is 6.06. The van der Waals surface area contributed by atoms with Gasteiger partial charge >= 0.3 is 0 Å². The van der Waals surface area contributed by atoms with Crippen LogP contribution in [0.5, 0.6) is 0 Å². The molecule has 86 valence electrons. The highest BCUT2D eigenvalue weighted by molar-refractivity contribution is 4.85. The van der Waals surface area contributed by atoms with E-state index in [1.165, 1.54) is 12.8 Å². The Morgan fingerprint density at radius 2 is 1.93 bits per heavy atom. The number of rotatable bonds is 2. The number of nitrogens with zero attached hydrogens (tertiary/aromatic N) is 2. The highest BCUT2D eigenvalue weighted by Crippen LogP contribution is 2.30. The van der Waals surface area contributed by atoms with Crippen LogP contribution in [0.4, 0.5) is 0 Å². The molecule has 4 nitrogen and oxygen atoms in total. The summed E-state index contributed by atoms with van der Waals surface area (Å²) < 4.78 is 0. The zero-order chi connectivity index (χ0) is 10.8. The second-order valence-corrected chi connectivity index (χ2v) is 5.04. The van der Waals surface area contributed by atoms with E-state index in [0.29, 0.717) is 6.04 Å². The minimum atomic E-state index is -0.302. The predicted octanol–water partition coefficient (Wildman–Crippen LogP) is 1.92. The van der Waals surface area contributed by atoms with Gasteiger partial charge in [-0.1, -0.05) is 6.92 Å². The molecule has 3 atom stereocenters. The molecular weight excluding hydrogens is 192 g/mol. The lowest BCUT2D eigenvalue weighted by Gasteiger charge is -2.34. The van der Waals surface area contributed by atoms with Crippen molar-refractivity contribution in [3.8, 4) is 0 Å². The van der Waals surface area contributed by atoms with E-state index in [0.717, 1.165) is 32.4 Å². The van der Waals surface area contributed by atoms with Crippen LogP contribution in [-0.4, -0.2) is 35.0 Å². The molecule has 0 aromatic rings. The van der Waals surface area contributed by atoms with Gasteiger partial charge in [0.25, 0.3) is 0 Å². The predicted molar refractivity (Wildman–Crippen MR) is 58.4 cm³/mol. The Labute approximate surface area is 90.8 Å². The van der Waals surface area contributed by atoms with E-state index in [1.807, 2.05) is 6.92 Å². The lowest BCUT2D eigenvalue weighted by molar-refractivity contribution is -0.536. The van der Waals surface area contributed by atoms with E-state index in [-0.39, 0.29) is 16.9 Å². The summed E-state index contributed by atoms with van der Waals surface area (Å²) in [6, 6.07) is 0.184. The molecule has 2 fully saturated rings. The zero-order valence-corrected chi connectivity index (χ0v) is 9.39. The number of likely N-dealkylation sites (tertiary alicyclic amines) is 1. The third-order valence-electron chi connectivity index (χ3n) is 4.05. The van der Waals surface area contributed by atoms with Gasteiger partial charge in [-0.15, -0.1) is 0 Å². The molecule has 1 saturated carbocycles. The highest BCUT2D eigenvalue weighted by Gasteiger charge is 2.38. The highest BCUT2D eigenvalue weighted by atomic mass is 16.6. The van der Waals surface area contributed by atoms with Gasteiger partial charge in [0.2, 0.25) is 6.04 Å². The van der Waals surface area contributed by atoms with Gasteiger partial charge in [0, 0.05) is 23.3 Å². The molecule has 1 heterocycles. The summed E-state index contributed by atoms with van der Waals surface area (Å²) in [4.78, 5) is 13.3. The summed E-state index contributed by atoms with van der Waals surface area (Å²) in [7, 11) is 0. The average Bonchev–Trinajstić information content (AvgIpc) is 2.71. The number of nitro groups is 1. The van der Waals surface area contributed by atoms with Crippen LogP contribution in [0.25, 0.3) is 0 Å². The fourth-order valence-corrected chi connectivity index (χ4v) is 3.01. The molecule has 1 aliphatic heterocycles. The maximum atomic E-state index is 10.9. The summed E-state index contributed by atoms with van der Waals surface area (Å²) >= 11 is 0. The first-order chi connectivity index (χ1) is 7.18. The van der Waals surface area contributed by atoms with Crippen molar-refractivity contribution in [2.45, 2.75) is 51.1 Å².